The Morgan fingerprint density at radius 3 is 0.826 bits per heavy atom. The van der Waals surface area contributed by atoms with Gasteiger partial charge in [0.25, 0.3) is 11.4 Å². The molecule has 4 aliphatic rings. The highest BCUT2D eigenvalue weighted by atomic mass is 16.6. The molecule has 0 spiro atoms. The number of non-ortho nitro benzene ring substituents is 2. The molecule has 0 amide bonds. The second-order valence-electron chi connectivity index (χ2n) is 17.2. The number of nitrogens with two attached hydrogens (primary N) is 2. The van der Waals surface area contributed by atoms with Crippen molar-refractivity contribution in [3.63, 3.8) is 0 Å². The molecule has 69 heavy (non-hydrogen) atoms. The summed E-state index contributed by atoms with van der Waals surface area (Å²) >= 11 is 0. The molecule has 12 heteroatoms. The quantitative estimate of drug-likeness (QED) is 0.0867. The van der Waals surface area contributed by atoms with Gasteiger partial charge < -0.3 is 11.5 Å². The average molecular weight is 905 g/mol. The molecule has 4 N–H and O–H groups in total. The van der Waals surface area contributed by atoms with Gasteiger partial charge in [-0.1, -0.05) is 104 Å². The Hall–Kier alpha value is -9.16. The highest BCUT2D eigenvalue weighted by molar-refractivity contribution is 6.09. The summed E-state index contributed by atoms with van der Waals surface area (Å²) in [5.74, 6) is 0. The third-order valence-electron chi connectivity index (χ3n) is 12.7. The number of hydrogen-bond acceptors (Lipinski definition) is 10. The number of fused-ring (bicyclic) bond motifs is 4. The van der Waals surface area contributed by atoms with Crippen LogP contribution in [0.25, 0.3) is 22.3 Å². The number of nitrogens with zero attached hydrogens (tertiary/aromatic N) is 6. The maximum atomic E-state index is 11.0. The minimum Gasteiger partial charge on any atom is -0.399 e. The summed E-state index contributed by atoms with van der Waals surface area (Å²) in [7, 11) is 0. The largest absolute Gasteiger partial charge is 0.399 e. The summed E-state index contributed by atoms with van der Waals surface area (Å²) < 4.78 is 0. The van der Waals surface area contributed by atoms with E-state index in [2.05, 4.69) is 58.5 Å². The number of nitrogen functional groups attached to an aromatic ring is 2. The van der Waals surface area contributed by atoms with Crippen LogP contribution >= 0.6 is 0 Å². The third-order valence-corrected chi connectivity index (χ3v) is 12.7. The van der Waals surface area contributed by atoms with Crippen LogP contribution in [0.5, 0.6) is 0 Å². The average Bonchev–Trinajstić information content (AvgIpc) is 4.18. The summed E-state index contributed by atoms with van der Waals surface area (Å²) in [6.07, 6.45) is 2.78. The van der Waals surface area contributed by atoms with Crippen molar-refractivity contribution >= 4 is 68.3 Å². The van der Waals surface area contributed by atoms with E-state index in [1.54, 1.807) is 24.3 Å². The second kappa shape index (κ2) is 17.9. The zero-order chi connectivity index (χ0) is 46.5. The van der Waals surface area contributed by atoms with Gasteiger partial charge in [0.15, 0.2) is 0 Å². The van der Waals surface area contributed by atoms with Gasteiger partial charge in [0.1, 0.15) is 0 Å². The topological polar surface area (TPSA) is 188 Å². The van der Waals surface area contributed by atoms with E-state index < -0.39 is 0 Å². The molecule has 0 atom stereocenters. The number of nitro groups is 2. The summed E-state index contributed by atoms with van der Waals surface area (Å²) in [6.45, 7) is 0. The lowest BCUT2D eigenvalue weighted by molar-refractivity contribution is -0.385. The molecule has 12 rings (SSSR count). The molecule has 0 fully saturated rings. The Morgan fingerprint density at radius 2 is 0.565 bits per heavy atom. The standard InChI is InChI=1S/C28H18N4O4.C28H22N4.CH4/c33-31(34)23-9-11-25-21(13-23)15-27(29-25)19-5-1-17(2-6-19)18-3-7-20(8-4-18)28-16-22-14-24(32(35)36)10-12-26(22)30-28;29-23-9-11-25-21(13-23)15-27(31-25)19-5-1-17(2-6-19)18-3-7-20(8-4-18)28-16-22-14-24(30)10-12-26(22)32-28;/h1-14H,15-16H2;1-14H,15-16,29-30H2;1H4. The molecule has 4 aliphatic heterocycles. The van der Waals surface area contributed by atoms with Gasteiger partial charge in [-0.25, -0.2) is 0 Å². The minimum absolute atomic E-state index is 0. The van der Waals surface area contributed by atoms with E-state index in [1.165, 1.54) is 34.4 Å². The molecule has 0 radical (unpaired) electrons. The highest BCUT2D eigenvalue weighted by Crippen LogP contribution is 2.36. The van der Waals surface area contributed by atoms with Crippen LogP contribution in [0.1, 0.15) is 51.9 Å². The fourth-order valence-corrected chi connectivity index (χ4v) is 9.13. The first-order chi connectivity index (χ1) is 33.1. The van der Waals surface area contributed by atoms with Crippen LogP contribution < -0.4 is 11.5 Å². The van der Waals surface area contributed by atoms with Gasteiger partial charge in [-0.15, -0.1) is 0 Å². The van der Waals surface area contributed by atoms with Gasteiger partial charge in [0.05, 0.1) is 55.4 Å². The van der Waals surface area contributed by atoms with Crippen molar-refractivity contribution in [2.45, 2.75) is 33.1 Å². The number of rotatable bonds is 8. The third kappa shape index (κ3) is 8.82. The Bertz CT molecular complexity index is 3270. The van der Waals surface area contributed by atoms with Gasteiger partial charge in [0.2, 0.25) is 0 Å². The lowest BCUT2D eigenvalue weighted by Gasteiger charge is -2.07. The van der Waals surface area contributed by atoms with Crippen molar-refractivity contribution in [3.05, 3.63) is 235 Å². The molecule has 12 nitrogen and oxygen atoms in total. The number of hydrogen-bond donors (Lipinski definition) is 2. The van der Waals surface area contributed by atoms with Crippen molar-refractivity contribution in [2.75, 3.05) is 11.5 Å². The van der Waals surface area contributed by atoms with E-state index in [4.69, 9.17) is 21.5 Å². The van der Waals surface area contributed by atoms with Gasteiger partial charge in [-0.05, 0) is 115 Å². The molecular weight excluding hydrogens is 861 g/mol. The molecule has 0 saturated heterocycles. The summed E-state index contributed by atoms with van der Waals surface area (Å²) in [5, 5.41) is 22.1. The van der Waals surface area contributed by atoms with Gasteiger partial charge in [-0.3, -0.25) is 40.2 Å². The lowest BCUT2D eigenvalue weighted by atomic mass is 9.98. The Morgan fingerprint density at radius 1 is 0.333 bits per heavy atom. The van der Waals surface area contributed by atoms with E-state index >= 15 is 0 Å². The minimum atomic E-state index is -0.386. The van der Waals surface area contributed by atoms with Gasteiger partial charge in [-0.2, -0.15) is 0 Å². The molecule has 4 heterocycles. The Balaban J connectivity index is 0.000000159. The van der Waals surface area contributed by atoms with Crippen LogP contribution in [0.15, 0.2) is 190 Å². The number of aliphatic imine (C=N–C) groups is 4. The first-order valence-corrected chi connectivity index (χ1v) is 22.1. The van der Waals surface area contributed by atoms with Gasteiger partial charge >= 0.3 is 0 Å². The molecule has 0 aliphatic carbocycles. The predicted octanol–water partition coefficient (Wildman–Crippen LogP) is 13.0. The summed E-state index contributed by atoms with van der Waals surface area (Å²) in [4.78, 5) is 40.2. The number of benzene rings is 8. The first kappa shape index (κ1) is 43.7. The van der Waals surface area contributed by atoms with Crippen LogP contribution in [-0.2, 0) is 25.7 Å². The molecule has 0 saturated carbocycles. The summed E-state index contributed by atoms with van der Waals surface area (Å²) in [6, 6.07) is 54.9. The molecular formula is C57H44N8O4. The van der Waals surface area contributed by atoms with Crippen LogP contribution in [0.2, 0.25) is 0 Å². The van der Waals surface area contributed by atoms with Crippen molar-refractivity contribution in [1.82, 2.24) is 0 Å². The van der Waals surface area contributed by atoms with Crippen LogP contribution in [0.4, 0.5) is 45.5 Å². The molecule has 8 aromatic carbocycles. The van der Waals surface area contributed by atoms with Crippen molar-refractivity contribution in [1.29, 1.82) is 0 Å². The van der Waals surface area contributed by atoms with E-state index in [1.807, 2.05) is 84.9 Å². The molecule has 8 aromatic rings. The highest BCUT2D eigenvalue weighted by Gasteiger charge is 2.22. The molecule has 0 bridgehead atoms. The van der Waals surface area contributed by atoms with Crippen LogP contribution in [0, 0.1) is 20.2 Å². The summed E-state index contributed by atoms with van der Waals surface area (Å²) in [5.41, 5.74) is 34.0. The normalized spacial score (nSPS) is 13.6. The maximum Gasteiger partial charge on any atom is 0.269 e. The molecule has 0 aromatic heterocycles. The van der Waals surface area contributed by atoms with Crippen molar-refractivity contribution < 1.29 is 9.85 Å². The van der Waals surface area contributed by atoms with Crippen molar-refractivity contribution in [3.8, 4) is 22.3 Å². The predicted molar refractivity (Wildman–Crippen MR) is 278 cm³/mol. The van der Waals surface area contributed by atoms with Gasteiger partial charge in [0, 0.05) is 61.3 Å². The second-order valence-corrected chi connectivity index (χ2v) is 17.2. The first-order valence-electron chi connectivity index (χ1n) is 22.1. The molecule has 0 unspecified atom stereocenters. The zero-order valence-electron chi connectivity index (χ0n) is 36.5. The number of anilines is 2. The fraction of sp³-hybridized carbons (Fsp3) is 0.0877. The SMILES string of the molecule is C.Nc1ccc2c(c1)CC(c1ccc(-c3ccc(C4=Nc5ccc(N)cc5C4)cc3)cc1)=N2.O=[N+]([O-])c1ccc2c(c1)CC(c1ccc(-c3ccc(C4=Nc5ccc([N+](=O)[O-])cc5C4)cc3)cc1)=N2. The Labute approximate surface area is 398 Å². The van der Waals surface area contributed by atoms with Crippen LogP contribution in [-0.4, -0.2) is 32.7 Å². The van der Waals surface area contributed by atoms with E-state index in [-0.39, 0.29) is 28.6 Å². The van der Waals surface area contributed by atoms with E-state index in [0.29, 0.717) is 12.8 Å². The van der Waals surface area contributed by atoms with E-state index in [0.717, 1.165) is 114 Å². The smallest absolute Gasteiger partial charge is 0.269 e. The van der Waals surface area contributed by atoms with E-state index in [9.17, 15) is 20.2 Å². The monoisotopic (exact) mass is 904 g/mol. The van der Waals surface area contributed by atoms with Crippen LogP contribution in [0.3, 0.4) is 0 Å². The maximum absolute atomic E-state index is 11.0. The molecule has 336 valence electrons. The Kier molecular flexibility index (Phi) is 11.3. The van der Waals surface area contributed by atoms with Crippen molar-refractivity contribution in [2.24, 2.45) is 20.0 Å². The lowest BCUT2D eigenvalue weighted by Crippen LogP contribution is -2.01. The zero-order valence-corrected chi connectivity index (χ0v) is 36.5. The fourth-order valence-electron chi connectivity index (χ4n) is 9.13. The number of nitro benzene ring substituents is 2.